The largest absolute Gasteiger partial charge is 0.481 e. The van der Waals surface area contributed by atoms with E-state index in [-0.39, 0.29) is 0 Å². The molecule has 3 N–H and O–H groups in total. The standard InChI is InChI=1S/C7H13NO2/c1-7(6(9)10)2-4-8-5-3-7/h8H,2-5H2,1H3,(H,9,10)/p+1. The first kappa shape index (κ1) is 7.54. The second kappa shape index (κ2) is 2.58. The lowest BCUT2D eigenvalue weighted by Crippen LogP contribution is -2.87. The van der Waals surface area contributed by atoms with Gasteiger partial charge in [0.15, 0.2) is 0 Å². The van der Waals surface area contributed by atoms with E-state index in [0.717, 1.165) is 25.9 Å². The molecule has 0 amide bonds. The normalized spacial score (nSPS) is 24.1. The minimum absolute atomic E-state index is 0.436. The van der Waals surface area contributed by atoms with Crippen LogP contribution in [-0.2, 0) is 4.79 Å². The van der Waals surface area contributed by atoms with Crippen LogP contribution < -0.4 is 5.32 Å². The van der Waals surface area contributed by atoms with Crippen molar-refractivity contribution >= 4 is 5.97 Å². The van der Waals surface area contributed by atoms with Gasteiger partial charge in [0, 0.05) is 12.8 Å². The van der Waals surface area contributed by atoms with E-state index in [0.29, 0.717) is 0 Å². The minimum atomic E-state index is -0.638. The van der Waals surface area contributed by atoms with E-state index < -0.39 is 11.4 Å². The van der Waals surface area contributed by atoms with Crippen molar-refractivity contribution in [1.82, 2.24) is 0 Å². The fraction of sp³-hybridized carbons (Fsp3) is 0.857. The fourth-order valence-corrected chi connectivity index (χ4v) is 1.32. The molecule has 58 valence electrons. The summed E-state index contributed by atoms with van der Waals surface area (Å²) in [6.07, 6.45) is 1.62. The highest BCUT2D eigenvalue weighted by Crippen LogP contribution is 2.25. The lowest BCUT2D eigenvalue weighted by Gasteiger charge is -2.26. The third-order valence-corrected chi connectivity index (χ3v) is 2.32. The molecule has 1 saturated heterocycles. The van der Waals surface area contributed by atoms with Gasteiger partial charge in [-0.05, 0) is 6.92 Å². The molecule has 3 nitrogen and oxygen atoms in total. The average molecular weight is 144 g/mol. The van der Waals surface area contributed by atoms with Gasteiger partial charge in [-0.15, -0.1) is 0 Å². The van der Waals surface area contributed by atoms with Gasteiger partial charge in [-0.25, -0.2) is 0 Å². The highest BCUT2D eigenvalue weighted by molar-refractivity contribution is 5.74. The lowest BCUT2D eigenvalue weighted by atomic mass is 9.81. The van der Waals surface area contributed by atoms with Gasteiger partial charge in [-0.3, -0.25) is 4.79 Å². The Labute approximate surface area is 60.4 Å². The Morgan fingerprint density at radius 1 is 1.50 bits per heavy atom. The number of quaternary nitrogens is 1. The Balaban J connectivity index is 2.56. The van der Waals surface area contributed by atoms with E-state index in [1.807, 2.05) is 6.92 Å². The van der Waals surface area contributed by atoms with Crippen LogP contribution in [0.3, 0.4) is 0 Å². The molecule has 0 spiro atoms. The summed E-state index contributed by atoms with van der Waals surface area (Å²) < 4.78 is 0. The molecule has 0 saturated carbocycles. The van der Waals surface area contributed by atoms with Gasteiger partial charge in [0.25, 0.3) is 0 Å². The van der Waals surface area contributed by atoms with Crippen molar-refractivity contribution in [3.8, 4) is 0 Å². The third kappa shape index (κ3) is 1.29. The van der Waals surface area contributed by atoms with E-state index in [4.69, 9.17) is 5.11 Å². The summed E-state index contributed by atoms with van der Waals surface area (Å²) in [5.41, 5.74) is -0.436. The number of nitrogens with two attached hydrogens (primary N) is 1. The van der Waals surface area contributed by atoms with Crippen LogP contribution >= 0.6 is 0 Å². The topological polar surface area (TPSA) is 53.9 Å². The highest BCUT2D eigenvalue weighted by atomic mass is 16.4. The molecule has 10 heavy (non-hydrogen) atoms. The monoisotopic (exact) mass is 144 g/mol. The van der Waals surface area contributed by atoms with Crippen LogP contribution in [0.15, 0.2) is 0 Å². The molecule has 3 heteroatoms. The van der Waals surface area contributed by atoms with Crippen LogP contribution in [0.5, 0.6) is 0 Å². The molecule has 0 aliphatic carbocycles. The molecule has 1 fully saturated rings. The zero-order chi connectivity index (χ0) is 7.61. The fourth-order valence-electron chi connectivity index (χ4n) is 1.32. The Bertz CT molecular complexity index is 139. The molecule has 0 aromatic heterocycles. The Morgan fingerprint density at radius 3 is 2.30 bits per heavy atom. The highest BCUT2D eigenvalue weighted by Gasteiger charge is 2.35. The van der Waals surface area contributed by atoms with Gasteiger partial charge in [-0.2, -0.15) is 0 Å². The molecule has 0 bridgehead atoms. The number of carboxylic acid groups (broad SMARTS) is 1. The summed E-state index contributed by atoms with van der Waals surface area (Å²) in [7, 11) is 0. The first-order chi connectivity index (χ1) is 4.65. The zero-order valence-electron chi connectivity index (χ0n) is 6.26. The molecule has 0 unspecified atom stereocenters. The Morgan fingerprint density at radius 2 is 2.00 bits per heavy atom. The van der Waals surface area contributed by atoms with Crippen molar-refractivity contribution < 1.29 is 15.2 Å². The predicted octanol–water partition coefficient (Wildman–Crippen LogP) is -0.566. The van der Waals surface area contributed by atoms with Gasteiger partial charge < -0.3 is 10.4 Å². The molecule has 1 aliphatic rings. The number of carboxylic acids is 1. The number of aliphatic carboxylic acids is 1. The smallest absolute Gasteiger partial charge is 0.309 e. The van der Waals surface area contributed by atoms with Crippen LogP contribution in [-0.4, -0.2) is 24.2 Å². The number of hydrogen-bond donors (Lipinski definition) is 2. The van der Waals surface area contributed by atoms with Crippen molar-refractivity contribution in [2.45, 2.75) is 19.8 Å². The molecule has 1 aliphatic heterocycles. The summed E-state index contributed by atoms with van der Waals surface area (Å²) in [6.45, 7) is 3.76. The molecule has 0 aromatic carbocycles. The second-order valence-corrected chi connectivity index (χ2v) is 3.23. The maximum absolute atomic E-state index is 10.7. The SMILES string of the molecule is CC1(C(=O)O)CC[NH2+]CC1. The zero-order valence-corrected chi connectivity index (χ0v) is 6.26. The van der Waals surface area contributed by atoms with E-state index in [1.54, 1.807) is 0 Å². The number of rotatable bonds is 1. The van der Waals surface area contributed by atoms with Crippen LogP contribution in [0.4, 0.5) is 0 Å². The molecule has 1 rings (SSSR count). The van der Waals surface area contributed by atoms with Crippen LogP contribution in [0.2, 0.25) is 0 Å². The van der Waals surface area contributed by atoms with Crippen molar-refractivity contribution in [2.75, 3.05) is 13.1 Å². The first-order valence-corrected chi connectivity index (χ1v) is 3.70. The minimum Gasteiger partial charge on any atom is -0.481 e. The summed E-state index contributed by atoms with van der Waals surface area (Å²) in [6, 6.07) is 0. The predicted molar refractivity (Wildman–Crippen MR) is 36.6 cm³/mol. The maximum Gasteiger partial charge on any atom is 0.309 e. The molecule has 1 heterocycles. The van der Waals surface area contributed by atoms with Gasteiger partial charge >= 0.3 is 5.97 Å². The summed E-state index contributed by atoms with van der Waals surface area (Å²) in [4.78, 5) is 10.7. The van der Waals surface area contributed by atoms with Crippen LogP contribution in [0.25, 0.3) is 0 Å². The maximum atomic E-state index is 10.7. The number of piperidine rings is 1. The van der Waals surface area contributed by atoms with Gasteiger partial charge in [0.2, 0.25) is 0 Å². The number of carbonyl (C=O) groups is 1. The summed E-state index contributed by atoms with van der Waals surface area (Å²) in [5, 5.41) is 11.0. The van der Waals surface area contributed by atoms with Crippen LogP contribution in [0.1, 0.15) is 19.8 Å². The quantitative estimate of drug-likeness (QED) is 0.518. The lowest BCUT2D eigenvalue weighted by molar-refractivity contribution is -0.666. The Kier molecular flexibility index (Phi) is 1.94. The molecular weight excluding hydrogens is 130 g/mol. The third-order valence-electron chi connectivity index (χ3n) is 2.32. The van der Waals surface area contributed by atoms with E-state index in [1.165, 1.54) is 0 Å². The average Bonchev–Trinajstić information content (AvgIpc) is 1.89. The Hall–Kier alpha value is -0.570. The van der Waals surface area contributed by atoms with Crippen molar-refractivity contribution in [3.63, 3.8) is 0 Å². The van der Waals surface area contributed by atoms with Gasteiger partial charge in [0.1, 0.15) is 0 Å². The van der Waals surface area contributed by atoms with Crippen molar-refractivity contribution in [2.24, 2.45) is 5.41 Å². The second-order valence-electron chi connectivity index (χ2n) is 3.23. The van der Waals surface area contributed by atoms with Crippen molar-refractivity contribution in [1.29, 1.82) is 0 Å². The van der Waals surface area contributed by atoms with E-state index in [9.17, 15) is 4.79 Å². The number of hydrogen-bond acceptors (Lipinski definition) is 1. The van der Waals surface area contributed by atoms with Gasteiger partial charge in [0.05, 0.1) is 18.5 Å². The van der Waals surface area contributed by atoms with E-state index in [2.05, 4.69) is 5.32 Å². The van der Waals surface area contributed by atoms with Crippen molar-refractivity contribution in [3.05, 3.63) is 0 Å². The molecule has 0 aromatic rings. The van der Waals surface area contributed by atoms with Crippen LogP contribution in [0, 0.1) is 5.41 Å². The molecule has 0 atom stereocenters. The summed E-state index contributed by atoms with van der Waals surface area (Å²) in [5.74, 6) is -0.638. The summed E-state index contributed by atoms with van der Waals surface area (Å²) >= 11 is 0. The molecule has 0 radical (unpaired) electrons. The van der Waals surface area contributed by atoms with E-state index >= 15 is 0 Å². The van der Waals surface area contributed by atoms with Gasteiger partial charge in [-0.1, -0.05) is 0 Å². The molecular formula is C7H14NO2+. The first-order valence-electron chi connectivity index (χ1n) is 3.70.